The summed E-state index contributed by atoms with van der Waals surface area (Å²) in [5.74, 6) is -0.769. The Morgan fingerprint density at radius 3 is 2.40 bits per heavy atom. The highest BCUT2D eigenvalue weighted by Crippen LogP contribution is 2.18. The fourth-order valence-corrected chi connectivity index (χ4v) is 1.79. The Bertz CT molecular complexity index is 611. The molecule has 0 aromatic heterocycles. The predicted octanol–water partition coefficient (Wildman–Crippen LogP) is 3.69. The standard InChI is InChI=1S/C15H12ClFO3/c16-13-6-3-11(7-14(13)17)9-20-12-4-1-10(2-5-12)8-15(18)19/h1-7H,8-9H2,(H,18,19). The summed E-state index contributed by atoms with van der Waals surface area (Å²) in [7, 11) is 0. The largest absolute Gasteiger partial charge is 0.489 e. The van der Waals surface area contributed by atoms with Gasteiger partial charge in [0.2, 0.25) is 0 Å². The van der Waals surface area contributed by atoms with E-state index in [2.05, 4.69) is 0 Å². The Morgan fingerprint density at radius 2 is 1.80 bits per heavy atom. The normalized spacial score (nSPS) is 10.3. The highest BCUT2D eigenvalue weighted by atomic mass is 35.5. The summed E-state index contributed by atoms with van der Waals surface area (Å²) in [4.78, 5) is 10.5. The third-order valence-electron chi connectivity index (χ3n) is 2.67. The van der Waals surface area contributed by atoms with Crippen LogP contribution in [0.1, 0.15) is 11.1 Å². The summed E-state index contributed by atoms with van der Waals surface area (Å²) in [6.07, 6.45) is -0.0251. The highest BCUT2D eigenvalue weighted by Gasteiger charge is 2.03. The first-order chi connectivity index (χ1) is 9.54. The van der Waals surface area contributed by atoms with Crippen LogP contribution in [0, 0.1) is 5.82 Å². The molecule has 2 aromatic rings. The molecule has 0 spiro atoms. The summed E-state index contributed by atoms with van der Waals surface area (Å²) in [5.41, 5.74) is 1.36. The van der Waals surface area contributed by atoms with Gasteiger partial charge in [-0.15, -0.1) is 0 Å². The second-order valence-corrected chi connectivity index (χ2v) is 4.66. The van der Waals surface area contributed by atoms with Crippen LogP contribution in [0.15, 0.2) is 42.5 Å². The minimum atomic E-state index is -0.879. The van der Waals surface area contributed by atoms with Crippen molar-refractivity contribution in [1.29, 1.82) is 0 Å². The first kappa shape index (κ1) is 14.3. The van der Waals surface area contributed by atoms with Crippen molar-refractivity contribution in [3.63, 3.8) is 0 Å². The molecular weight excluding hydrogens is 283 g/mol. The van der Waals surface area contributed by atoms with E-state index in [1.54, 1.807) is 30.3 Å². The summed E-state index contributed by atoms with van der Waals surface area (Å²) >= 11 is 5.59. The van der Waals surface area contributed by atoms with Crippen molar-refractivity contribution in [3.8, 4) is 5.75 Å². The van der Waals surface area contributed by atoms with Crippen molar-refractivity contribution in [3.05, 3.63) is 64.4 Å². The molecule has 0 saturated heterocycles. The van der Waals surface area contributed by atoms with Gasteiger partial charge in [0.15, 0.2) is 0 Å². The molecule has 3 nitrogen and oxygen atoms in total. The second-order valence-electron chi connectivity index (χ2n) is 4.25. The van der Waals surface area contributed by atoms with Gasteiger partial charge in [-0.05, 0) is 35.4 Å². The van der Waals surface area contributed by atoms with Crippen molar-refractivity contribution < 1.29 is 19.0 Å². The Balaban J connectivity index is 1.96. The van der Waals surface area contributed by atoms with E-state index >= 15 is 0 Å². The molecular formula is C15H12ClFO3. The van der Waals surface area contributed by atoms with E-state index in [1.807, 2.05) is 0 Å². The van der Waals surface area contributed by atoms with Crippen molar-refractivity contribution in [2.75, 3.05) is 0 Å². The molecule has 0 unspecified atom stereocenters. The van der Waals surface area contributed by atoms with Gasteiger partial charge >= 0.3 is 5.97 Å². The van der Waals surface area contributed by atoms with Crippen LogP contribution in [0.25, 0.3) is 0 Å². The summed E-state index contributed by atoms with van der Waals surface area (Å²) in [6, 6.07) is 11.2. The van der Waals surface area contributed by atoms with Gasteiger partial charge in [-0.3, -0.25) is 4.79 Å². The van der Waals surface area contributed by atoms with Gasteiger partial charge in [0, 0.05) is 0 Å². The van der Waals surface area contributed by atoms with Crippen LogP contribution in [0.2, 0.25) is 5.02 Å². The molecule has 0 radical (unpaired) electrons. The molecule has 5 heteroatoms. The van der Waals surface area contributed by atoms with Gasteiger partial charge in [-0.2, -0.15) is 0 Å². The number of carboxylic acids is 1. The van der Waals surface area contributed by atoms with E-state index in [1.165, 1.54) is 12.1 Å². The molecule has 20 heavy (non-hydrogen) atoms. The zero-order chi connectivity index (χ0) is 14.5. The minimum Gasteiger partial charge on any atom is -0.489 e. The molecule has 0 saturated carbocycles. The molecule has 0 aliphatic rings. The number of aliphatic carboxylic acids is 1. The summed E-state index contributed by atoms with van der Waals surface area (Å²) < 4.78 is 18.7. The number of carboxylic acid groups (broad SMARTS) is 1. The van der Waals surface area contributed by atoms with Gasteiger partial charge in [-0.1, -0.05) is 29.8 Å². The van der Waals surface area contributed by atoms with Crippen molar-refractivity contribution in [1.82, 2.24) is 0 Å². The van der Waals surface area contributed by atoms with Crippen LogP contribution in [0.3, 0.4) is 0 Å². The maximum atomic E-state index is 13.2. The van der Waals surface area contributed by atoms with E-state index in [0.717, 1.165) is 0 Å². The molecule has 0 aliphatic heterocycles. The number of hydrogen-bond acceptors (Lipinski definition) is 2. The lowest BCUT2D eigenvalue weighted by molar-refractivity contribution is -0.136. The number of rotatable bonds is 5. The fraction of sp³-hybridized carbons (Fsp3) is 0.133. The number of halogens is 2. The summed E-state index contributed by atoms with van der Waals surface area (Å²) in [5, 5.41) is 8.73. The molecule has 0 aliphatic carbocycles. The van der Waals surface area contributed by atoms with Crippen LogP contribution >= 0.6 is 11.6 Å². The van der Waals surface area contributed by atoms with Gasteiger partial charge in [0.25, 0.3) is 0 Å². The lowest BCUT2D eigenvalue weighted by Crippen LogP contribution is -2.00. The van der Waals surface area contributed by atoms with Crippen LogP contribution in [0.4, 0.5) is 4.39 Å². The van der Waals surface area contributed by atoms with E-state index in [4.69, 9.17) is 21.4 Å². The third-order valence-corrected chi connectivity index (χ3v) is 2.97. The monoisotopic (exact) mass is 294 g/mol. The van der Waals surface area contributed by atoms with E-state index in [9.17, 15) is 9.18 Å². The van der Waals surface area contributed by atoms with Crippen LogP contribution in [-0.4, -0.2) is 11.1 Å². The lowest BCUT2D eigenvalue weighted by atomic mass is 10.1. The third kappa shape index (κ3) is 3.96. The van der Waals surface area contributed by atoms with Crippen LogP contribution in [0.5, 0.6) is 5.75 Å². The zero-order valence-electron chi connectivity index (χ0n) is 10.5. The van der Waals surface area contributed by atoms with Crippen molar-refractivity contribution >= 4 is 17.6 Å². The van der Waals surface area contributed by atoms with Gasteiger partial charge in [0.05, 0.1) is 11.4 Å². The zero-order valence-corrected chi connectivity index (χ0v) is 11.2. The molecule has 0 atom stereocenters. The number of carbonyl (C=O) groups is 1. The fourth-order valence-electron chi connectivity index (χ4n) is 1.67. The predicted molar refractivity (Wildman–Crippen MR) is 73.5 cm³/mol. The molecule has 0 heterocycles. The molecule has 0 amide bonds. The van der Waals surface area contributed by atoms with E-state index in [0.29, 0.717) is 16.9 Å². The average Bonchev–Trinajstić information content (AvgIpc) is 2.41. The second kappa shape index (κ2) is 6.39. The Hall–Kier alpha value is -2.07. The van der Waals surface area contributed by atoms with Gasteiger partial charge in [0.1, 0.15) is 18.2 Å². The SMILES string of the molecule is O=C(O)Cc1ccc(OCc2ccc(Cl)c(F)c2)cc1. The topological polar surface area (TPSA) is 46.5 Å². The summed E-state index contributed by atoms with van der Waals surface area (Å²) in [6.45, 7) is 0.215. The Labute approximate surface area is 120 Å². The smallest absolute Gasteiger partial charge is 0.307 e. The number of hydrogen-bond donors (Lipinski definition) is 1. The first-order valence-electron chi connectivity index (χ1n) is 5.92. The average molecular weight is 295 g/mol. The number of benzene rings is 2. The van der Waals surface area contributed by atoms with Crippen LogP contribution < -0.4 is 4.74 Å². The van der Waals surface area contributed by atoms with Crippen LogP contribution in [-0.2, 0) is 17.8 Å². The van der Waals surface area contributed by atoms with Crippen molar-refractivity contribution in [2.45, 2.75) is 13.0 Å². The molecule has 2 aromatic carbocycles. The first-order valence-corrected chi connectivity index (χ1v) is 6.30. The minimum absolute atomic E-state index is 0.0251. The van der Waals surface area contributed by atoms with E-state index in [-0.39, 0.29) is 18.1 Å². The van der Waals surface area contributed by atoms with Crippen molar-refractivity contribution in [2.24, 2.45) is 0 Å². The lowest BCUT2D eigenvalue weighted by Gasteiger charge is -2.07. The molecule has 1 N–H and O–H groups in total. The Morgan fingerprint density at radius 1 is 1.15 bits per heavy atom. The molecule has 0 bridgehead atoms. The quantitative estimate of drug-likeness (QED) is 0.915. The Kier molecular flexibility index (Phi) is 4.58. The maximum Gasteiger partial charge on any atom is 0.307 e. The molecule has 0 fully saturated rings. The maximum absolute atomic E-state index is 13.2. The number of ether oxygens (including phenoxy) is 1. The van der Waals surface area contributed by atoms with E-state index < -0.39 is 11.8 Å². The van der Waals surface area contributed by atoms with Gasteiger partial charge in [-0.25, -0.2) is 4.39 Å². The highest BCUT2D eigenvalue weighted by molar-refractivity contribution is 6.30. The molecule has 2 rings (SSSR count). The molecule has 104 valence electrons. The van der Waals surface area contributed by atoms with Gasteiger partial charge < -0.3 is 9.84 Å².